The van der Waals surface area contributed by atoms with E-state index in [1.807, 2.05) is 41.7 Å². The van der Waals surface area contributed by atoms with Crippen LogP contribution in [0.5, 0.6) is 0 Å². The number of carbonyl (C=O) groups excluding carboxylic acids is 1. The molecule has 0 radical (unpaired) electrons. The van der Waals surface area contributed by atoms with E-state index in [0.717, 1.165) is 25.1 Å². The Morgan fingerprint density at radius 3 is 2.90 bits per heavy atom. The van der Waals surface area contributed by atoms with Gasteiger partial charge in [0.2, 0.25) is 5.91 Å². The molecule has 0 bridgehead atoms. The molecule has 1 amide bonds. The largest absolute Gasteiger partial charge is 0.325 e. The molecule has 1 N–H and O–H groups in total. The third kappa shape index (κ3) is 3.17. The van der Waals surface area contributed by atoms with E-state index in [9.17, 15) is 4.79 Å². The quantitative estimate of drug-likeness (QED) is 0.934. The Morgan fingerprint density at radius 1 is 1.33 bits per heavy atom. The van der Waals surface area contributed by atoms with E-state index in [4.69, 9.17) is 0 Å². The number of amides is 1. The van der Waals surface area contributed by atoms with Gasteiger partial charge in [0.25, 0.3) is 0 Å². The van der Waals surface area contributed by atoms with Crippen LogP contribution >= 0.6 is 11.3 Å². The van der Waals surface area contributed by atoms with Gasteiger partial charge in [-0.05, 0) is 42.0 Å². The fourth-order valence-electron chi connectivity index (χ4n) is 3.02. The molecule has 0 unspecified atom stereocenters. The number of anilines is 1. The van der Waals surface area contributed by atoms with Gasteiger partial charge in [0.05, 0.1) is 6.54 Å². The molecule has 1 aliphatic rings. The Morgan fingerprint density at radius 2 is 2.14 bits per heavy atom. The highest BCUT2D eigenvalue weighted by Gasteiger charge is 2.28. The Kier molecular flexibility index (Phi) is 4.36. The number of hydrogen-bond donors (Lipinski definition) is 1. The van der Waals surface area contributed by atoms with Gasteiger partial charge in [0.15, 0.2) is 0 Å². The van der Waals surface area contributed by atoms with Crippen LogP contribution in [0, 0.1) is 0 Å². The third-order valence-corrected chi connectivity index (χ3v) is 4.99. The molecule has 0 fully saturated rings. The van der Waals surface area contributed by atoms with Gasteiger partial charge in [-0.2, -0.15) is 0 Å². The lowest BCUT2D eigenvalue weighted by Crippen LogP contribution is -2.40. The first-order valence-corrected chi connectivity index (χ1v) is 8.31. The molecule has 21 heavy (non-hydrogen) atoms. The van der Waals surface area contributed by atoms with Crippen LogP contribution in [0.25, 0.3) is 0 Å². The van der Waals surface area contributed by atoms with Crippen LogP contribution in [-0.2, 0) is 11.2 Å². The zero-order chi connectivity index (χ0) is 14.7. The van der Waals surface area contributed by atoms with E-state index in [1.165, 1.54) is 10.4 Å². The summed E-state index contributed by atoms with van der Waals surface area (Å²) in [6.45, 7) is 3.62. The van der Waals surface area contributed by atoms with E-state index < -0.39 is 0 Å². The van der Waals surface area contributed by atoms with Crippen LogP contribution in [0.15, 0.2) is 41.8 Å². The molecule has 1 aromatic heterocycles. The number of thiophene rings is 1. The molecule has 2 heterocycles. The lowest BCUT2D eigenvalue weighted by Gasteiger charge is -2.34. The number of nitrogens with zero attached hydrogens (tertiary/aromatic N) is 1. The smallest absolute Gasteiger partial charge is 0.238 e. The Bertz CT molecular complexity index is 608. The van der Waals surface area contributed by atoms with Crippen molar-refractivity contribution in [3.05, 3.63) is 52.2 Å². The standard InChI is InChI=1S/C17H20N2OS/c1-2-15-14-9-11-21-16(14)8-10-19(15)12-17(20)18-13-6-4-3-5-7-13/h3-7,9,11,15H,2,8,10,12H2,1H3,(H,18,20)/t15-/m1/s1. The maximum absolute atomic E-state index is 12.2. The first kappa shape index (κ1) is 14.3. The van der Waals surface area contributed by atoms with Crippen LogP contribution in [-0.4, -0.2) is 23.9 Å². The minimum atomic E-state index is 0.0679. The highest BCUT2D eigenvalue weighted by atomic mass is 32.1. The van der Waals surface area contributed by atoms with Crippen molar-refractivity contribution >= 4 is 22.9 Å². The molecule has 0 spiro atoms. The second kappa shape index (κ2) is 6.41. The van der Waals surface area contributed by atoms with Crippen molar-refractivity contribution in [1.82, 2.24) is 4.90 Å². The SMILES string of the molecule is CC[C@@H]1c2ccsc2CCN1CC(=O)Nc1ccccc1. The van der Waals surface area contributed by atoms with Gasteiger partial charge in [0.1, 0.15) is 0 Å². The maximum Gasteiger partial charge on any atom is 0.238 e. The van der Waals surface area contributed by atoms with Gasteiger partial charge in [-0.3, -0.25) is 9.69 Å². The molecule has 4 heteroatoms. The molecule has 2 aromatic rings. The van der Waals surface area contributed by atoms with E-state index in [-0.39, 0.29) is 5.91 Å². The summed E-state index contributed by atoms with van der Waals surface area (Å²) < 4.78 is 0. The Labute approximate surface area is 129 Å². The molecular weight excluding hydrogens is 280 g/mol. The monoisotopic (exact) mass is 300 g/mol. The first-order valence-electron chi connectivity index (χ1n) is 7.43. The van der Waals surface area contributed by atoms with Gasteiger partial charge in [-0.15, -0.1) is 11.3 Å². The highest BCUT2D eigenvalue weighted by molar-refractivity contribution is 7.10. The topological polar surface area (TPSA) is 32.3 Å². The Balaban J connectivity index is 1.66. The average Bonchev–Trinajstić information content (AvgIpc) is 2.96. The normalized spacial score (nSPS) is 18.2. The average molecular weight is 300 g/mol. The van der Waals surface area contributed by atoms with Crippen molar-refractivity contribution < 1.29 is 4.79 Å². The minimum Gasteiger partial charge on any atom is -0.325 e. The number of para-hydroxylation sites is 1. The molecule has 0 aliphatic carbocycles. The lowest BCUT2D eigenvalue weighted by molar-refractivity contribution is -0.118. The maximum atomic E-state index is 12.2. The van der Waals surface area contributed by atoms with Crippen molar-refractivity contribution in [2.45, 2.75) is 25.8 Å². The fourth-order valence-corrected chi connectivity index (χ4v) is 3.95. The predicted molar refractivity (Wildman–Crippen MR) is 87.7 cm³/mol. The van der Waals surface area contributed by atoms with E-state index in [2.05, 4.69) is 28.6 Å². The second-order valence-corrected chi connectivity index (χ2v) is 6.36. The van der Waals surface area contributed by atoms with E-state index in [1.54, 1.807) is 0 Å². The van der Waals surface area contributed by atoms with Crippen molar-refractivity contribution in [1.29, 1.82) is 0 Å². The number of nitrogens with one attached hydrogen (secondary N) is 1. The first-order chi connectivity index (χ1) is 10.3. The van der Waals surface area contributed by atoms with Crippen LogP contribution in [0.2, 0.25) is 0 Å². The molecule has 110 valence electrons. The summed E-state index contributed by atoms with van der Waals surface area (Å²) in [7, 11) is 0. The molecule has 1 aromatic carbocycles. The fraction of sp³-hybridized carbons (Fsp3) is 0.353. The Hall–Kier alpha value is -1.65. The lowest BCUT2D eigenvalue weighted by atomic mass is 9.98. The number of benzene rings is 1. The van der Waals surface area contributed by atoms with E-state index in [0.29, 0.717) is 12.6 Å². The highest BCUT2D eigenvalue weighted by Crippen LogP contribution is 2.34. The zero-order valence-corrected chi connectivity index (χ0v) is 13.0. The molecule has 3 rings (SSSR count). The second-order valence-electron chi connectivity index (χ2n) is 5.36. The van der Waals surface area contributed by atoms with Gasteiger partial charge < -0.3 is 5.32 Å². The summed E-state index contributed by atoms with van der Waals surface area (Å²) in [5, 5.41) is 5.14. The minimum absolute atomic E-state index is 0.0679. The molecular formula is C17H20N2OS. The number of hydrogen-bond acceptors (Lipinski definition) is 3. The van der Waals surface area contributed by atoms with Gasteiger partial charge >= 0.3 is 0 Å². The number of fused-ring (bicyclic) bond motifs is 1. The summed E-state index contributed by atoms with van der Waals surface area (Å²) in [5.41, 5.74) is 2.28. The van der Waals surface area contributed by atoms with Crippen molar-refractivity contribution in [2.75, 3.05) is 18.4 Å². The molecule has 3 nitrogen and oxygen atoms in total. The summed E-state index contributed by atoms with van der Waals surface area (Å²) in [5.74, 6) is 0.0679. The summed E-state index contributed by atoms with van der Waals surface area (Å²) in [4.78, 5) is 16.0. The molecule has 1 aliphatic heterocycles. The van der Waals surface area contributed by atoms with Gasteiger partial charge in [0, 0.05) is 23.2 Å². The van der Waals surface area contributed by atoms with E-state index >= 15 is 0 Å². The van der Waals surface area contributed by atoms with Crippen molar-refractivity contribution in [2.24, 2.45) is 0 Å². The van der Waals surface area contributed by atoms with Crippen molar-refractivity contribution in [3.8, 4) is 0 Å². The molecule has 0 saturated carbocycles. The number of carbonyl (C=O) groups is 1. The van der Waals surface area contributed by atoms with Crippen LogP contribution in [0.3, 0.4) is 0 Å². The van der Waals surface area contributed by atoms with Crippen molar-refractivity contribution in [3.63, 3.8) is 0 Å². The summed E-state index contributed by atoms with van der Waals surface area (Å²) in [6.07, 6.45) is 2.10. The van der Waals surface area contributed by atoms with Crippen LogP contribution in [0.1, 0.15) is 29.8 Å². The predicted octanol–water partition coefficient (Wildman–Crippen LogP) is 3.70. The van der Waals surface area contributed by atoms with Crippen LogP contribution < -0.4 is 5.32 Å². The zero-order valence-electron chi connectivity index (χ0n) is 12.2. The third-order valence-electron chi connectivity index (χ3n) is 4.00. The molecule has 0 saturated heterocycles. The molecule has 1 atom stereocenters. The van der Waals surface area contributed by atoms with Gasteiger partial charge in [-0.1, -0.05) is 25.1 Å². The summed E-state index contributed by atoms with van der Waals surface area (Å²) in [6, 6.07) is 12.2. The summed E-state index contributed by atoms with van der Waals surface area (Å²) >= 11 is 1.84. The van der Waals surface area contributed by atoms with Gasteiger partial charge in [-0.25, -0.2) is 0 Å². The number of rotatable bonds is 4. The van der Waals surface area contributed by atoms with Crippen LogP contribution in [0.4, 0.5) is 5.69 Å².